The Morgan fingerprint density at radius 2 is 0.875 bits per heavy atom. The van der Waals surface area contributed by atoms with Crippen LogP contribution in [0, 0.1) is 34.5 Å². The van der Waals surface area contributed by atoms with Crippen LogP contribution in [0.5, 0.6) is 0 Å². The summed E-state index contributed by atoms with van der Waals surface area (Å²) in [5.41, 5.74) is 0.255. The van der Waals surface area contributed by atoms with Gasteiger partial charge in [0, 0.05) is 25.7 Å². The summed E-state index contributed by atoms with van der Waals surface area (Å²) in [5, 5.41) is 0. The Balaban J connectivity index is 1.74. The van der Waals surface area contributed by atoms with Gasteiger partial charge in [0.05, 0.1) is 0 Å². The molecule has 0 bridgehead atoms. The van der Waals surface area contributed by atoms with E-state index in [1.165, 1.54) is 0 Å². The second kappa shape index (κ2) is 5.67. The van der Waals surface area contributed by atoms with Gasteiger partial charge in [-0.05, 0) is 34.5 Å². The summed E-state index contributed by atoms with van der Waals surface area (Å²) in [7, 11) is 0. The van der Waals surface area contributed by atoms with Crippen LogP contribution in [0.15, 0.2) is 0 Å². The molecule has 1 aliphatic heterocycles. The van der Waals surface area contributed by atoms with E-state index in [2.05, 4.69) is 55.4 Å². The molecule has 2 saturated carbocycles. The van der Waals surface area contributed by atoms with E-state index in [4.69, 9.17) is 19.6 Å². The van der Waals surface area contributed by atoms with Crippen molar-refractivity contribution in [1.29, 1.82) is 0 Å². The van der Waals surface area contributed by atoms with Crippen LogP contribution in [-0.4, -0.2) is 11.6 Å². The first-order valence-electron chi connectivity index (χ1n) is 9.64. The van der Waals surface area contributed by atoms with E-state index in [9.17, 15) is 0 Å². The Morgan fingerprint density at radius 3 is 1.12 bits per heavy atom. The predicted molar refractivity (Wildman–Crippen MR) is 92.5 cm³/mol. The molecular weight excluding hydrogens is 304 g/mol. The molecule has 0 aromatic rings. The quantitative estimate of drug-likeness (QED) is 0.548. The summed E-state index contributed by atoms with van der Waals surface area (Å²) in [6, 6.07) is 0. The van der Waals surface area contributed by atoms with E-state index >= 15 is 0 Å². The monoisotopic (exact) mass is 340 g/mol. The molecule has 4 atom stereocenters. The second-order valence-electron chi connectivity index (χ2n) is 10.4. The van der Waals surface area contributed by atoms with Gasteiger partial charge in [0.25, 0.3) is 0 Å². The molecule has 0 amide bonds. The van der Waals surface area contributed by atoms with Crippen molar-refractivity contribution in [3.05, 3.63) is 0 Å². The maximum atomic E-state index is 5.98. The zero-order valence-corrected chi connectivity index (χ0v) is 16.8. The molecule has 2 spiro atoms. The molecule has 1 saturated heterocycles. The third-order valence-electron chi connectivity index (χ3n) is 7.58. The molecule has 4 nitrogen and oxygen atoms in total. The van der Waals surface area contributed by atoms with Crippen LogP contribution >= 0.6 is 0 Å². The average Bonchev–Trinajstić information content (AvgIpc) is 2.46. The van der Waals surface area contributed by atoms with Crippen LogP contribution in [0.4, 0.5) is 0 Å². The zero-order valence-electron chi connectivity index (χ0n) is 16.8. The molecule has 0 aromatic carbocycles. The van der Waals surface area contributed by atoms with Gasteiger partial charge >= 0.3 is 0 Å². The van der Waals surface area contributed by atoms with Gasteiger partial charge < -0.3 is 0 Å². The van der Waals surface area contributed by atoms with Crippen molar-refractivity contribution in [2.24, 2.45) is 34.5 Å². The highest BCUT2D eigenvalue weighted by molar-refractivity contribution is 4.95. The fraction of sp³-hybridized carbons (Fsp3) is 1.00. The Bertz CT molecular complexity index is 432. The molecule has 0 aromatic heterocycles. The van der Waals surface area contributed by atoms with Crippen molar-refractivity contribution in [3.8, 4) is 0 Å². The SMILES string of the molecule is CC1CC2(CC(C)(C)C1C)OOC1(CC(C)C(C)C(C)(C)C1)OO2. The van der Waals surface area contributed by atoms with Crippen LogP contribution in [0.25, 0.3) is 0 Å². The minimum Gasteiger partial charge on any atom is -0.195 e. The van der Waals surface area contributed by atoms with E-state index < -0.39 is 11.6 Å². The Morgan fingerprint density at radius 1 is 0.583 bits per heavy atom. The Hall–Kier alpha value is -0.160. The standard InChI is InChI=1S/C20H36O4/c1-13-9-19(11-17(5,6)15(13)3)21-23-20(24-22-19)10-14(2)16(4)18(7,8)12-20/h13-16H,9-12H2,1-8H3. The van der Waals surface area contributed by atoms with Gasteiger partial charge in [0.1, 0.15) is 0 Å². The topological polar surface area (TPSA) is 36.9 Å². The highest BCUT2D eigenvalue weighted by atomic mass is 17.4. The van der Waals surface area contributed by atoms with Gasteiger partial charge in [0.15, 0.2) is 0 Å². The molecular formula is C20H36O4. The number of hydrogen-bond donors (Lipinski definition) is 0. The number of hydrogen-bond acceptors (Lipinski definition) is 4. The fourth-order valence-electron chi connectivity index (χ4n) is 5.32. The highest BCUT2D eigenvalue weighted by Crippen LogP contribution is 2.56. The van der Waals surface area contributed by atoms with Crippen LogP contribution < -0.4 is 0 Å². The summed E-state index contributed by atoms with van der Waals surface area (Å²) >= 11 is 0. The van der Waals surface area contributed by atoms with Crippen LogP contribution in [-0.2, 0) is 19.6 Å². The lowest BCUT2D eigenvalue weighted by Gasteiger charge is -2.55. The Kier molecular flexibility index (Phi) is 4.40. The van der Waals surface area contributed by atoms with Gasteiger partial charge in [-0.3, -0.25) is 0 Å². The van der Waals surface area contributed by atoms with E-state index in [1.54, 1.807) is 0 Å². The maximum Gasteiger partial charge on any atom is 0.235 e. The van der Waals surface area contributed by atoms with Crippen molar-refractivity contribution in [1.82, 2.24) is 0 Å². The van der Waals surface area contributed by atoms with Gasteiger partial charge in [-0.15, -0.1) is 0 Å². The lowest BCUT2D eigenvalue weighted by atomic mass is 9.62. The summed E-state index contributed by atoms with van der Waals surface area (Å²) in [4.78, 5) is 23.9. The molecule has 0 N–H and O–H groups in total. The van der Waals surface area contributed by atoms with Gasteiger partial charge in [-0.25, -0.2) is 0 Å². The summed E-state index contributed by atoms with van der Waals surface area (Å²) in [6.07, 6.45) is 3.19. The molecule has 3 aliphatic rings. The van der Waals surface area contributed by atoms with Crippen molar-refractivity contribution < 1.29 is 19.6 Å². The van der Waals surface area contributed by atoms with Gasteiger partial charge in [-0.2, -0.15) is 19.6 Å². The number of rotatable bonds is 0. The minimum absolute atomic E-state index is 0.128. The van der Waals surface area contributed by atoms with Crippen molar-refractivity contribution in [2.75, 3.05) is 0 Å². The third kappa shape index (κ3) is 3.04. The smallest absolute Gasteiger partial charge is 0.195 e. The molecule has 140 valence electrons. The molecule has 4 unspecified atom stereocenters. The summed E-state index contributed by atoms with van der Waals surface area (Å²) < 4.78 is 0. The largest absolute Gasteiger partial charge is 0.235 e. The molecule has 4 heteroatoms. The lowest BCUT2D eigenvalue weighted by Crippen LogP contribution is -2.59. The molecule has 2 aliphatic carbocycles. The van der Waals surface area contributed by atoms with Gasteiger partial charge in [-0.1, -0.05) is 55.4 Å². The Labute approximate surface area is 147 Å². The summed E-state index contributed by atoms with van der Waals surface area (Å²) in [6.45, 7) is 18.3. The fourth-order valence-corrected chi connectivity index (χ4v) is 5.32. The lowest BCUT2D eigenvalue weighted by molar-refractivity contribution is -0.670. The first-order valence-corrected chi connectivity index (χ1v) is 9.64. The summed E-state index contributed by atoms with van der Waals surface area (Å²) in [5.74, 6) is 0.684. The molecule has 3 fully saturated rings. The third-order valence-corrected chi connectivity index (χ3v) is 7.58. The highest BCUT2D eigenvalue weighted by Gasteiger charge is 2.59. The van der Waals surface area contributed by atoms with Gasteiger partial charge in [0.2, 0.25) is 11.6 Å². The maximum absolute atomic E-state index is 5.98. The van der Waals surface area contributed by atoms with Crippen LogP contribution in [0.2, 0.25) is 0 Å². The van der Waals surface area contributed by atoms with Crippen LogP contribution in [0.1, 0.15) is 81.1 Å². The normalized spacial score (nSPS) is 51.0. The minimum atomic E-state index is -0.767. The molecule has 1 heterocycles. The van der Waals surface area contributed by atoms with Crippen LogP contribution in [0.3, 0.4) is 0 Å². The zero-order chi connectivity index (χ0) is 18.0. The first-order chi connectivity index (χ1) is 10.9. The van der Waals surface area contributed by atoms with E-state index in [1.807, 2.05) is 0 Å². The molecule has 24 heavy (non-hydrogen) atoms. The van der Waals surface area contributed by atoms with Crippen molar-refractivity contribution >= 4 is 0 Å². The molecule has 0 radical (unpaired) electrons. The first kappa shape index (κ1) is 18.6. The average molecular weight is 341 g/mol. The predicted octanol–water partition coefficient (Wildman–Crippen LogP) is 5.47. The van der Waals surface area contributed by atoms with E-state index in [0.29, 0.717) is 23.7 Å². The van der Waals surface area contributed by atoms with E-state index in [-0.39, 0.29) is 10.8 Å². The van der Waals surface area contributed by atoms with Crippen molar-refractivity contribution in [3.63, 3.8) is 0 Å². The second-order valence-corrected chi connectivity index (χ2v) is 10.4. The van der Waals surface area contributed by atoms with Crippen molar-refractivity contribution in [2.45, 2.75) is 92.6 Å². The molecule has 3 rings (SSSR count). The van der Waals surface area contributed by atoms with E-state index in [0.717, 1.165) is 25.7 Å².